The highest BCUT2D eigenvalue weighted by atomic mass is 127. The standard InChI is InChI=1S/C22H26BrN5.HI/c1-25-22(26-15-19-4-2-3-18(13-19)14-24)27-21-9-11-28(12-10-21)16-17-5-7-20(23)8-6-17;/h2-8,13,21H,9-12,15-16H2,1H3,(H2,25,26,27);1H. The molecule has 0 aliphatic carbocycles. The van der Waals surface area contributed by atoms with Gasteiger partial charge < -0.3 is 10.6 Å². The van der Waals surface area contributed by atoms with E-state index in [0.29, 0.717) is 18.2 Å². The number of likely N-dealkylation sites (tertiary alicyclic amines) is 1. The van der Waals surface area contributed by atoms with Crippen molar-refractivity contribution < 1.29 is 0 Å². The number of nitrogens with zero attached hydrogens (tertiary/aromatic N) is 3. The molecule has 0 amide bonds. The van der Waals surface area contributed by atoms with Crippen LogP contribution in [0.25, 0.3) is 0 Å². The van der Waals surface area contributed by atoms with E-state index in [9.17, 15) is 0 Å². The predicted molar refractivity (Wildman–Crippen MR) is 132 cm³/mol. The fourth-order valence-electron chi connectivity index (χ4n) is 3.41. The normalized spacial score (nSPS) is 15.3. The quantitative estimate of drug-likeness (QED) is 0.322. The molecule has 1 heterocycles. The van der Waals surface area contributed by atoms with Crippen molar-refractivity contribution in [3.05, 3.63) is 69.7 Å². The third-order valence-corrected chi connectivity index (χ3v) is 5.52. The van der Waals surface area contributed by atoms with Gasteiger partial charge in [0.05, 0.1) is 11.6 Å². The van der Waals surface area contributed by atoms with Crippen molar-refractivity contribution in [2.75, 3.05) is 20.1 Å². The van der Waals surface area contributed by atoms with E-state index >= 15 is 0 Å². The largest absolute Gasteiger partial charge is 0.354 e. The topological polar surface area (TPSA) is 63.5 Å². The Bertz CT molecular complexity index is 839. The number of hydrogen-bond donors (Lipinski definition) is 2. The van der Waals surface area contributed by atoms with Crippen molar-refractivity contribution in [1.82, 2.24) is 15.5 Å². The number of nitrogens with one attached hydrogen (secondary N) is 2. The molecule has 3 rings (SSSR count). The summed E-state index contributed by atoms with van der Waals surface area (Å²) >= 11 is 3.49. The van der Waals surface area contributed by atoms with E-state index in [1.54, 1.807) is 7.05 Å². The number of guanidine groups is 1. The van der Waals surface area contributed by atoms with Crippen LogP contribution in [0, 0.1) is 11.3 Å². The molecule has 0 unspecified atom stereocenters. The van der Waals surface area contributed by atoms with Crippen LogP contribution < -0.4 is 10.6 Å². The van der Waals surface area contributed by atoms with Gasteiger partial charge in [-0.15, -0.1) is 24.0 Å². The van der Waals surface area contributed by atoms with Crippen molar-refractivity contribution in [2.45, 2.75) is 32.0 Å². The summed E-state index contributed by atoms with van der Waals surface area (Å²) in [5, 5.41) is 15.9. The molecule has 1 saturated heterocycles. The molecular weight excluding hydrogens is 541 g/mol. The molecule has 0 spiro atoms. The van der Waals surface area contributed by atoms with Gasteiger partial charge in [-0.3, -0.25) is 9.89 Å². The van der Waals surface area contributed by atoms with E-state index in [1.807, 2.05) is 24.3 Å². The second-order valence-corrected chi connectivity index (χ2v) is 7.97. The Kier molecular flexibility index (Phi) is 9.91. The summed E-state index contributed by atoms with van der Waals surface area (Å²) < 4.78 is 1.12. The van der Waals surface area contributed by atoms with E-state index in [0.717, 1.165) is 48.5 Å². The van der Waals surface area contributed by atoms with Gasteiger partial charge in [-0.05, 0) is 48.2 Å². The lowest BCUT2D eigenvalue weighted by Crippen LogP contribution is -2.48. The van der Waals surface area contributed by atoms with Gasteiger partial charge >= 0.3 is 0 Å². The van der Waals surface area contributed by atoms with Crippen LogP contribution in [-0.2, 0) is 13.1 Å². The van der Waals surface area contributed by atoms with Gasteiger partial charge in [0.1, 0.15) is 0 Å². The Morgan fingerprint density at radius 3 is 2.55 bits per heavy atom. The zero-order chi connectivity index (χ0) is 19.8. The van der Waals surface area contributed by atoms with E-state index in [1.165, 1.54) is 5.56 Å². The summed E-state index contributed by atoms with van der Waals surface area (Å²) in [6.45, 7) is 3.81. The maximum atomic E-state index is 9.02. The third kappa shape index (κ3) is 7.61. The fraction of sp³-hybridized carbons (Fsp3) is 0.364. The summed E-state index contributed by atoms with van der Waals surface area (Å²) in [6.07, 6.45) is 2.20. The number of rotatable bonds is 5. The molecule has 0 bridgehead atoms. The molecule has 1 aliphatic heterocycles. The minimum Gasteiger partial charge on any atom is -0.354 e. The molecule has 0 aromatic heterocycles. The van der Waals surface area contributed by atoms with E-state index < -0.39 is 0 Å². The van der Waals surface area contributed by atoms with Crippen LogP contribution in [0.5, 0.6) is 0 Å². The first kappa shape index (κ1) is 23.6. The molecule has 2 aromatic carbocycles. The summed E-state index contributed by atoms with van der Waals surface area (Å²) in [7, 11) is 1.80. The van der Waals surface area contributed by atoms with Crippen LogP contribution in [0.15, 0.2) is 58.0 Å². The van der Waals surface area contributed by atoms with Gasteiger partial charge in [-0.2, -0.15) is 5.26 Å². The molecule has 0 atom stereocenters. The van der Waals surface area contributed by atoms with Gasteiger partial charge in [-0.1, -0.05) is 40.2 Å². The monoisotopic (exact) mass is 567 g/mol. The minimum atomic E-state index is 0. The molecular formula is C22H27BrIN5. The molecule has 0 saturated carbocycles. The van der Waals surface area contributed by atoms with Crippen molar-refractivity contribution >= 4 is 45.9 Å². The van der Waals surface area contributed by atoms with Gasteiger partial charge in [-0.25, -0.2) is 0 Å². The van der Waals surface area contributed by atoms with E-state index in [-0.39, 0.29) is 24.0 Å². The van der Waals surface area contributed by atoms with Crippen LogP contribution in [-0.4, -0.2) is 37.0 Å². The number of hydrogen-bond acceptors (Lipinski definition) is 3. The Hall–Kier alpha value is -1.63. The lowest BCUT2D eigenvalue weighted by Gasteiger charge is -2.33. The van der Waals surface area contributed by atoms with Gasteiger partial charge in [0, 0.05) is 43.7 Å². The average molecular weight is 568 g/mol. The number of benzene rings is 2. The minimum absolute atomic E-state index is 0. The van der Waals surface area contributed by atoms with Crippen LogP contribution in [0.2, 0.25) is 0 Å². The van der Waals surface area contributed by atoms with Crippen molar-refractivity contribution in [2.24, 2.45) is 4.99 Å². The number of halogens is 2. The highest BCUT2D eigenvalue weighted by molar-refractivity contribution is 14.0. The lowest BCUT2D eigenvalue weighted by atomic mass is 10.0. The van der Waals surface area contributed by atoms with Crippen molar-refractivity contribution in [3.8, 4) is 6.07 Å². The Morgan fingerprint density at radius 2 is 1.90 bits per heavy atom. The molecule has 154 valence electrons. The van der Waals surface area contributed by atoms with Crippen molar-refractivity contribution in [1.29, 1.82) is 5.26 Å². The van der Waals surface area contributed by atoms with Crippen LogP contribution in [0.4, 0.5) is 0 Å². The van der Waals surface area contributed by atoms with Crippen LogP contribution in [0.1, 0.15) is 29.5 Å². The SMILES string of the molecule is CN=C(NCc1cccc(C#N)c1)NC1CCN(Cc2ccc(Br)cc2)CC1.I. The summed E-state index contributed by atoms with van der Waals surface area (Å²) in [4.78, 5) is 6.85. The molecule has 1 aliphatic rings. The number of aliphatic imine (C=N–C) groups is 1. The molecule has 2 N–H and O–H groups in total. The second kappa shape index (κ2) is 12.2. The van der Waals surface area contributed by atoms with E-state index in [2.05, 4.69) is 66.8 Å². The second-order valence-electron chi connectivity index (χ2n) is 7.06. The summed E-state index contributed by atoms with van der Waals surface area (Å²) in [5.74, 6) is 0.814. The van der Waals surface area contributed by atoms with Crippen molar-refractivity contribution in [3.63, 3.8) is 0 Å². The third-order valence-electron chi connectivity index (χ3n) is 4.99. The zero-order valence-corrected chi connectivity index (χ0v) is 20.5. The first-order chi connectivity index (χ1) is 13.7. The Balaban J connectivity index is 0.00000300. The predicted octanol–water partition coefficient (Wildman–Crippen LogP) is 4.27. The number of nitriles is 1. The summed E-state index contributed by atoms with van der Waals surface area (Å²) in [6, 6.07) is 18.8. The highest BCUT2D eigenvalue weighted by Gasteiger charge is 2.20. The molecule has 5 nitrogen and oxygen atoms in total. The maximum absolute atomic E-state index is 9.02. The number of piperidine rings is 1. The van der Waals surface area contributed by atoms with Gasteiger partial charge in [0.15, 0.2) is 5.96 Å². The van der Waals surface area contributed by atoms with Crippen LogP contribution in [0.3, 0.4) is 0 Å². The van der Waals surface area contributed by atoms with E-state index in [4.69, 9.17) is 5.26 Å². The lowest BCUT2D eigenvalue weighted by molar-refractivity contribution is 0.198. The average Bonchev–Trinajstić information content (AvgIpc) is 2.74. The molecule has 2 aromatic rings. The highest BCUT2D eigenvalue weighted by Crippen LogP contribution is 2.16. The molecule has 7 heteroatoms. The maximum Gasteiger partial charge on any atom is 0.191 e. The molecule has 29 heavy (non-hydrogen) atoms. The zero-order valence-electron chi connectivity index (χ0n) is 16.6. The summed E-state index contributed by atoms with van der Waals surface area (Å²) in [5.41, 5.74) is 3.11. The van der Waals surface area contributed by atoms with Crippen LogP contribution >= 0.6 is 39.9 Å². The first-order valence-corrected chi connectivity index (χ1v) is 10.4. The Morgan fingerprint density at radius 1 is 1.17 bits per heavy atom. The Labute approximate surface area is 198 Å². The van der Waals surface area contributed by atoms with Gasteiger partial charge in [0.25, 0.3) is 0 Å². The molecule has 0 radical (unpaired) electrons. The van der Waals surface area contributed by atoms with Gasteiger partial charge in [0.2, 0.25) is 0 Å². The first-order valence-electron chi connectivity index (χ1n) is 9.59. The smallest absolute Gasteiger partial charge is 0.191 e. The molecule has 1 fully saturated rings. The fourth-order valence-corrected chi connectivity index (χ4v) is 3.67.